The summed E-state index contributed by atoms with van der Waals surface area (Å²) >= 11 is 2.86. The number of nitrogens with two attached hydrogens (primary N) is 1. The van der Waals surface area contributed by atoms with Crippen LogP contribution >= 0.6 is 22.7 Å². The minimum absolute atomic E-state index is 0.0882. The summed E-state index contributed by atoms with van der Waals surface area (Å²) in [4.78, 5) is 27.5. The van der Waals surface area contributed by atoms with Crippen LogP contribution in [0.4, 0.5) is 5.82 Å². The number of rotatable bonds is 3. The highest BCUT2D eigenvalue weighted by Gasteiger charge is 2.21. The molecule has 3 rings (SSSR count). The molecular weight excluding hydrogens is 318 g/mol. The van der Waals surface area contributed by atoms with Gasteiger partial charge in [-0.3, -0.25) is 9.78 Å². The Bertz CT molecular complexity index is 841. The van der Waals surface area contributed by atoms with Crippen molar-refractivity contribution in [3.05, 3.63) is 32.8 Å². The summed E-state index contributed by atoms with van der Waals surface area (Å²) in [7, 11) is 0. The van der Waals surface area contributed by atoms with Crippen molar-refractivity contribution in [2.75, 3.05) is 5.73 Å². The number of nitrogens with one attached hydrogen (secondary N) is 1. The van der Waals surface area contributed by atoms with Gasteiger partial charge in [0, 0.05) is 11.1 Å². The van der Waals surface area contributed by atoms with E-state index in [2.05, 4.69) is 20.3 Å². The van der Waals surface area contributed by atoms with Crippen molar-refractivity contribution in [2.45, 2.75) is 26.8 Å². The van der Waals surface area contributed by atoms with Crippen LogP contribution in [0.1, 0.15) is 38.9 Å². The maximum absolute atomic E-state index is 12.5. The molecule has 0 radical (unpaired) electrons. The maximum Gasteiger partial charge on any atom is 0.262 e. The maximum atomic E-state index is 12.5. The zero-order chi connectivity index (χ0) is 15.9. The number of hydrogen-bond acceptors (Lipinski definition) is 7. The van der Waals surface area contributed by atoms with Crippen molar-refractivity contribution >= 4 is 44.6 Å². The first-order valence-electron chi connectivity index (χ1n) is 6.70. The van der Waals surface area contributed by atoms with Crippen LogP contribution in [-0.4, -0.2) is 20.9 Å². The second-order valence-corrected chi connectivity index (χ2v) is 6.91. The van der Waals surface area contributed by atoms with Crippen molar-refractivity contribution in [2.24, 2.45) is 0 Å². The Balaban J connectivity index is 1.94. The lowest BCUT2D eigenvalue weighted by molar-refractivity contribution is 0.0944. The van der Waals surface area contributed by atoms with Crippen molar-refractivity contribution in [1.82, 2.24) is 20.3 Å². The Hall–Kier alpha value is -2.06. The summed E-state index contributed by atoms with van der Waals surface area (Å²) in [5.74, 6) is 0.903. The van der Waals surface area contributed by atoms with Gasteiger partial charge in [-0.25, -0.2) is 9.97 Å². The first-order valence-corrected chi connectivity index (χ1v) is 8.39. The van der Waals surface area contributed by atoms with Crippen LogP contribution in [0.3, 0.4) is 0 Å². The third kappa shape index (κ3) is 2.55. The van der Waals surface area contributed by atoms with Gasteiger partial charge >= 0.3 is 0 Å². The highest BCUT2D eigenvalue weighted by Crippen LogP contribution is 2.33. The molecule has 0 spiro atoms. The highest BCUT2D eigenvalue weighted by molar-refractivity contribution is 7.20. The molecule has 0 aliphatic heterocycles. The van der Waals surface area contributed by atoms with Gasteiger partial charge in [0.2, 0.25) is 0 Å². The Labute approximate surface area is 135 Å². The highest BCUT2D eigenvalue weighted by atomic mass is 32.1. The van der Waals surface area contributed by atoms with Gasteiger partial charge in [0.05, 0.1) is 21.8 Å². The average Bonchev–Trinajstić information content (AvgIpc) is 3.06. The molecular formula is C14H15N5OS2. The number of nitrogens with zero attached hydrogens (tertiary/aromatic N) is 3. The fourth-order valence-electron chi connectivity index (χ4n) is 2.27. The van der Waals surface area contributed by atoms with Crippen LogP contribution in [0.25, 0.3) is 10.2 Å². The number of hydrogen-bond donors (Lipinski definition) is 2. The zero-order valence-corrected chi connectivity index (χ0v) is 14.0. The fraction of sp³-hybridized carbons (Fsp3) is 0.286. The number of carbonyl (C=O) groups is 1. The van der Waals surface area contributed by atoms with E-state index in [-0.39, 0.29) is 11.9 Å². The number of carbonyl (C=O) groups excluding carboxylic acids is 1. The molecule has 8 heteroatoms. The number of aromatic nitrogens is 3. The van der Waals surface area contributed by atoms with E-state index in [1.807, 2.05) is 13.8 Å². The number of nitrogen functional groups attached to an aromatic ring is 1. The Kier molecular flexibility index (Phi) is 3.79. The molecule has 1 unspecified atom stereocenters. The van der Waals surface area contributed by atoms with E-state index in [1.165, 1.54) is 22.7 Å². The monoisotopic (exact) mass is 333 g/mol. The molecule has 1 amide bonds. The van der Waals surface area contributed by atoms with Crippen molar-refractivity contribution < 1.29 is 4.79 Å². The standard InChI is InChI=1S/C14H15N5OS2/c1-6-10-12(15)18-8(3)19-14(10)22-11(6)13(20)17-7(2)9-4-16-5-21-9/h4-5,7H,1-3H3,(H,17,20)(H2,15,18,19). The third-order valence-electron chi connectivity index (χ3n) is 3.36. The Morgan fingerprint density at radius 3 is 2.82 bits per heavy atom. The molecule has 3 heterocycles. The quantitative estimate of drug-likeness (QED) is 0.768. The molecule has 6 nitrogen and oxygen atoms in total. The van der Waals surface area contributed by atoms with Gasteiger partial charge in [0.15, 0.2) is 0 Å². The second kappa shape index (κ2) is 5.62. The van der Waals surface area contributed by atoms with E-state index in [0.29, 0.717) is 16.5 Å². The minimum Gasteiger partial charge on any atom is -0.383 e. The number of aryl methyl sites for hydroxylation is 2. The van der Waals surface area contributed by atoms with Crippen LogP contribution in [0.15, 0.2) is 11.7 Å². The van der Waals surface area contributed by atoms with Crippen LogP contribution in [0, 0.1) is 13.8 Å². The Morgan fingerprint density at radius 2 is 2.14 bits per heavy atom. The minimum atomic E-state index is -0.126. The van der Waals surface area contributed by atoms with E-state index >= 15 is 0 Å². The molecule has 22 heavy (non-hydrogen) atoms. The van der Waals surface area contributed by atoms with E-state index < -0.39 is 0 Å². The molecule has 0 saturated heterocycles. The van der Waals surface area contributed by atoms with Crippen LogP contribution in [-0.2, 0) is 0 Å². The van der Waals surface area contributed by atoms with E-state index in [4.69, 9.17) is 5.73 Å². The summed E-state index contributed by atoms with van der Waals surface area (Å²) in [6.45, 7) is 5.60. The fourth-order valence-corrected chi connectivity index (χ4v) is 4.04. The topological polar surface area (TPSA) is 93.8 Å². The van der Waals surface area contributed by atoms with Gasteiger partial charge in [-0.15, -0.1) is 22.7 Å². The first kappa shape index (κ1) is 14.9. The van der Waals surface area contributed by atoms with Crippen molar-refractivity contribution in [1.29, 1.82) is 0 Å². The molecule has 114 valence electrons. The predicted octanol–water partition coefficient (Wildman–Crippen LogP) is 2.84. The van der Waals surface area contributed by atoms with Crippen molar-refractivity contribution in [3.8, 4) is 0 Å². The SMILES string of the molecule is Cc1nc(N)c2c(C)c(C(=O)NC(C)c3cncs3)sc2n1. The van der Waals surface area contributed by atoms with Gasteiger partial charge in [-0.2, -0.15) is 0 Å². The second-order valence-electron chi connectivity index (χ2n) is 4.99. The zero-order valence-electron chi connectivity index (χ0n) is 12.4. The molecule has 0 bridgehead atoms. The van der Waals surface area contributed by atoms with Gasteiger partial charge in [0.25, 0.3) is 5.91 Å². The number of amides is 1. The van der Waals surface area contributed by atoms with Gasteiger partial charge in [-0.1, -0.05) is 0 Å². The number of fused-ring (bicyclic) bond motifs is 1. The molecule has 1 atom stereocenters. The Morgan fingerprint density at radius 1 is 1.36 bits per heavy atom. The molecule has 0 saturated carbocycles. The normalized spacial score (nSPS) is 12.5. The predicted molar refractivity (Wildman–Crippen MR) is 89.3 cm³/mol. The lowest BCUT2D eigenvalue weighted by atomic mass is 10.2. The van der Waals surface area contributed by atoms with Gasteiger partial charge in [-0.05, 0) is 26.3 Å². The summed E-state index contributed by atoms with van der Waals surface area (Å²) in [6.07, 6.45) is 1.76. The van der Waals surface area contributed by atoms with E-state index in [0.717, 1.165) is 20.7 Å². The van der Waals surface area contributed by atoms with E-state index in [9.17, 15) is 4.79 Å². The first-order chi connectivity index (χ1) is 10.5. The molecule has 3 aromatic rings. The molecule has 3 N–H and O–H groups in total. The van der Waals surface area contributed by atoms with Crippen LogP contribution in [0.5, 0.6) is 0 Å². The van der Waals surface area contributed by atoms with Gasteiger partial charge < -0.3 is 11.1 Å². The lowest BCUT2D eigenvalue weighted by Crippen LogP contribution is -2.25. The summed E-state index contributed by atoms with van der Waals surface area (Å²) in [5.41, 5.74) is 8.54. The molecule has 0 aliphatic rings. The van der Waals surface area contributed by atoms with Crippen LogP contribution < -0.4 is 11.1 Å². The van der Waals surface area contributed by atoms with Crippen LogP contribution in [0.2, 0.25) is 0 Å². The van der Waals surface area contributed by atoms with E-state index in [1.54, 1.807) is 18.6 Å². The lowest BCUT2D eigenvalue weighted by Gasteiger charge is -2.11. The average molecular weight is 333 g/mol. The molecule has 0 aliphatic carbocycles. The number of thiophene rings is 1. The summed E-state index contributed by atoms with van der Waals surface area (Å²) in [5, 5.41) is 3.76. The van der Waals surface area contributed by atoms with Gasteiger partial charge in [0.1, 0.15) is 16.5 Å². The molecule has 3 aromatic heterocycles. The third-order valence-corrected chi connectivity index (χ3v) is 5.50. The number of anilines is 1. The van der Waals surface area contributed by atoms with Crippen molar-refractivity contribution in [3.63, 3.8) is 0 Å². The smallest absolute Gasteiger partial charge is 0.262 e. The summed E-state index contributed by atoms with van der Waals surface area (Å²) in [6, 6.07) is -0.0882. The summed E-state index contributed by atoms with van der Waals surface area (Å²) < 4.78 is 0. The molecule has 0 aromatic carbocycles. The largest absolute Gasteiger partial charge is 0.383 e. The number of thiazole rings is 1. The molecule has 0 fully saturated rings.